The number of carboxylic acids is 1. The second-order valence-electron chi connectivity index (χ2n) is 19.4. The van der Waals surface area contributed by atoms with E-state index in [-0.39, 0.29) is 55.6 Å². The van der Waals surface area contributed by atoms with Gasteiger partial charge in [0.15, 0.2) is 24.8 Å². The van der Waals surface area contributed by atoms with Crippen LogP contribution in [0.5, 0.6) is 0 Å². The largest absolute Gasteiger partial charge is 0.479 e. The number of benzene rings is 2. The lowest BCUT2D eigenvalue weighted by Crippen LogP contribution is -2.64. The number of aliphatic carboxylic acids is 1. The maximum absolute atomic E-state index is 14.1. The molecule has 0 unspecified atom stereocenters. The van der Waals surface area contributed by atoms with Gasteiger partial charge in [-0.25, -0.2) is 14.3 Å². The molecule has 4 aliphatic rings. The van der Waals surface area contributed by atoms with Crippen molar-refractivity contribution < 1.29 is 78.4 Å². The Morgan fingerprint density at radius 3 is 2.39 bits per heavy atom. The molecule has 23 nitrogen and oxygen atoms in total. The lowest BCUT2D eigenvalue weighted by molar-refractivity contribution is -0.384. The van der Waals surface area contributed by atoms with Crippen LogP contribution in [0, 0.1) is 27.9 Å². The van der Waals surface area contributed by atoms with Crippen LogP contribution in [-0.2, 0) is 51.1 Å². The van der Waals surface area contributed by atoms with E-state index in [0.29, 0.717) is 17.5 Å². The number of carbonyl (C=O) groups excluding carboxylic acids is 2. The zero-order chi connectivity index (χ0) is 51.2. The average molecular weight is 1010 g/mol. The van der Waals surface area contributed by atoms with Gasteiger partial charge in [-0.15, -0.1) is 5.10 Å². The Morgan fingerprint density at radius 1 is 0.903 bits per heavy atom. The summed E-state index contributed by atoms with van der Waals surface area (Å²) in [5.41, 5.74) is 1.44. The van der Waals surface area contributed by atoms with E-state index >= 15 is 0 Å². The maximum Gasteiger partial charge on any atom is 0.338 e. The Balaban J connectivity index is 1.02. The van der Waals surface area contributed by atoms with Crippen molar-refractivity contribution in [3.8, 4) is 0 Å². The van der Waals surface area contributed by atoms with Gasteiger partial charge in [0.1, 0.15) is 43.3 Å². The molecule has 23 heteroatoms. The fraction of sp³-hybridized carbons (Fsp3) is 0.612. The van der Waals surface area contributed by atoms with Gasteiger partial charge in [-0.1, -0.05) is 62.4 Å². The summed E-state index contributed by atoms with van der Waals surface area (Å²) in [4.78, 5) is 51.6. The molecule has 15 atom stereocenters. The van der Waals surface area contributed by atoms with Gasteiger partial charge in [-0.3, -0.25) is 14.9 Å². The fourth-order valence-electron chi connectivity index (χ4n) is 10.4. The van der Waals surface area contributed by atoms with Gasteiger partial charge in [-0.2, -0.15) is 0 Å². The number of amides is 1. The highest BCUT2D eigenvalue weighted by Crippen LogP contribution is 2.39. The first-order chi connectivity index (χ1) is 34.6. The Bertz CT molecular complexity index is 2470. The van der Waals surface area contributed by atoms with E-state index in [0.717, 1.165) is 37.6 Å². The molecular weight excluding hydrogens is 945 g/mol. The van der Waals surface area contributed by atoms with Crippen LogP contribution in [-0.4, -0.2) is 166 Å². The van der Waals surface area contributed by atoms with Gasteiger partial charge in [0.05, 0.1) is 52.8 Å². The van der Waals surface area contributed by atoms with Gasteiger partial charge in [0, 0.05) is 42.6 Å². The summed E-state index contributed by atoms with van der Waals surface area (Å²) in [5, 5.41) is 88.3. The van der Waals surface area contributed by atoms with Crippen molar-refractivity contribution in [3.05, 3.63) is 88.4 Å². The van der Waals surface area contributed by atoms with E-state index in [1.165, 1.54) is 31.2 Å². The van der Waals surface area contributed by atoms with E-state index in [2.05, 4.69) is 15.6 Å². The summed E-state index contributed by atoms with van der Waals surface area (Å²) in [6.07, 6.45) is -10.4. The third-order valence-corrected chi connectivity index (χ3v) is 14.3. The van der Waals surface area contributed by atoms with Crippen molar-refractivity contribution in [2.24, 2.45) is 17.8 Å². The van der Waals surface area contributed by atoms with Crippen molar-refractivity contribution in [2.75, 3.05) is 13.2 Å². The number of aliphatic hydroxyl groups excluding tert-OH is 5. The molecule has 1 amide bonds. The highest BCUT2D eigenvalue weighted by molar-refractivity contribution is 5.89. The van der Waals surface area contributed by atoms with E-state index < -0.39 is 115 Å². The monoisotopic (exact) mass is 1010 g/mol. The third kappa shape index (κ3) is 12.3. The van der Waals surface area contributed by atoms with Crippen LogP contribution in [0.4, 0.5) is 5.69 Å². The number of carboxylic acid groups (broad SMARTS) is 1. The molecule has 8 rings (SSSR count). The molecule has 4 fully saturated rings. The van der Waals surface area contributed by atoms with Gasteiger partial charge < -0.3 is 68.9 Å². The van der Waals surface area contributed by atoms with E-state index in [4.69, 9.17) is 28.4 Å². The number of nitro benzene ring substituents is 1. The van der Waals surface area contributed by atoms with E-state index in [9.17, 15) is 55.1 Å². The number of aliphatic hydroxyl groups is 5. The van der Waals surface area contributed by atoms with Crippen LogP contribution in [0.2, 0.25) is 0 Å². The van der Waals surface area contributed by atoms with Crippen LogP contribution in [0.15, 0.2) is 67.0 Å². The zero-order valence-electron chi connectivity index (χ0n) is 40.0. The summed E-state index contributed by atoms with van der Waals surface area (Å²) in [5.74, 6) is -3.80. The second-order valence-corrected chi connectivity index (χ2v) is 19.4. The third-order valence-electron chi connectivity index (χ3n) is 14.3. The minimum atomic E-state index is -1.71. The van der Waals surface area contributed by atoms with Gasteiger partial charge >= 0.3 is 11.9 Å². The lowest BCUT2D eigenvalue weighted by Gasteiger charge is -2.48. The number of nitrogens with one attached hydrogen (secondary N) is 1. The van der Waals surface area contributed by atoms with Crippen molar-refractivity contribution in [1.29, 1.82) is 0 Å². The second kappa shape index (κ2) is 23.6. The summed E-state index contributed by atoms with van der Waals surface area (Å²) in [6, 6.07) is 14.3. The zero-order valence-corrected chi connectivity index (χ0v) is 40.0. The predicted octanol–water partition coefficient (Wildman–Crippen LogP) is 2.06. The molecule has 0 spiro atoms. The molecule has 2 aromatic carbocycles. The molecule has 2 saturated carbocycles. The van der Waals surface area contributed by atoms with Gasteiger partial charge in [-0.05, 0) is 62.3 Å². The Labute approximate surface area is 414 Å². The van der Waals surface area contributed by atoms with Crippen molar-refractivity contribution in [1.82, 2.24) is 24.9 Å². The number of carbonyl (C=O) groups is 3. The first-order valence-electron chi connectivity index (χ1n) is 24.6. The van der Waals surface area contributed by atoms with Crippen LogP contribution >= 0.6 is 0 Å². The number of nitro groups is 1. The van der Waals surface area contributed by atoms with Gasteiger partial charge in [0.25, 0.3) is 5.69 Å². The van der Waals surface area contributed by atoms with Crippen molar-refractivity contribution >= 4 is 34.4 Å². The average Bonchev–Trinajstić information content (AvgIpc) is 4.01. The van der Waals surface area contributed by atoms with E-state index in [1.807, 2.05) is 4.57 Å². The molecule has 7 N–H and O–H groups in total. The molecule has 4 aromatic rings. The summed E-state index contributed by atoms with van der Waals surface area (Å²) in [7, 11) is 0. The van der Waals surface area contributed by atoms with Gasteiger partial charge in [0.2, 0.25) is 5.91 Å². The number of esters is 1. The predicted molar refractivity (Wildman–Crippen MR) is 250 cm³/mol. The fourth-order valence-corrected chi connectivity index (χ4v) is 10.4. The highest BCUT2D eigenvalue weighted by atomic mass is 16.7. The number of non-ortho nitro benzene ring substituents is 1. The molecule has 0 radical (unpaired) electrons. The minimum Gasteiger partial charge on any atom is -0.479 e. The topological polar surface area (TPSA) is 319 Å². The summed E-state index contributed by atoms with van der Waals surface area (Å²) < 4.78 is 40.9. The smallest absolute Gasteiger partial charge is 0.338 e. The van der Waals surface area contributed by atoms with Crippen LogP contribution in [0.3, 0.4) is 0 Å². The number of aromatic nitrogens is 4. The Hall–Kier alpha value is -5.47. The van der Waals surface area contributed by atoms with Crippen LogP contribution in [0.25, 0.3) is 10.9 Å². The number of rotatable bonds is 19. The first kappa shape index (κ1) is 52.8. The molecule has 2 aromatic heterocycles. The summed E-state index contributed by atoms with van der Waals surface area (Å²) in [6.45, 7) is 2.93. The van der Waals surface area contributed by atoms with E-state index in [1.54, 1.807) is 54.3 Å². The number of hydrogen-bond donors (Lipinski definition) is 7. The molecule has 4 heterocycles. The maximum atomic E-state index is 14.1. The van der Waals surface area contributed by atoms with Crippen molar-refractivity contribution in [2.45, 2.75) is 158 Å². The molecule has 0 bridgehead atoms. The number of fused-ring (bicyclic) bond motifs is 1. The minimum absolute atomic E-state index is 0.0171. The normalized spacial score (nSPS) is 31.7. The molecule has 392 valence electrons. The number of nitrogens with zero attached hydrogens (tertiary/aromatic N) is 5. The van der Waals surface area contributed by atoms with Crippen LogP contribution < -0.4 is 5.32 Å². The molecule has 72 heavy (non-hydrogen) atoms. The summed E-state index contributed by atoms with van der Waals surface area (Å²) >= 11 is 0. The molecular formula is C49H64N6O17. The number of hydrogen-bond acceptors (Lipinski definition) is 18. The molecule has 2 saturated heterocycles. The van der Waals surface area contributed by atoms with Crippen molar-refractivity contribution in [3.63, 3.8) is 0 Å². The van der Waals surface area contributed by atoms with Crippen LogP contribution in [0.1, 0.15) is 81.3 Å². The highest BCUT2D eigenvalue weighted by Gasteiger charge is 2.54. The lowest BCUT2D eigenvalue weighted by atomic mass is 9.77. The number of ether oxygens (including phenoxy) is 6. The molecule has 2 aliphatic carbocycles. The first-order valence-corrected chi connectivity index (χ1v) is 24.6. The Morgan fingerprint density at radius 2 is 1.67 bits per heavy atom. The standard InChI is InChI=1S/C49H64N6O17/c1-26-19-31(45(61)50-17-15-32-23-54(52-51-32)25-53-18-16-30-21-33(55(65)66)13-14-34(30)53)22-35(42(26)72-48-41(60)40(59)38(57)27(2)67-48)69-49-44(71-47(64)29-11-7-4-8-12-29)43(39(58)37(24-56)70-49)68-36(46(62)63)20-28-9-5-3-6-10-28/h4,7-8,11-14,16,18,21,23,26-28,31,35-44,48-49,56-60H,3,5-6,9-10,15,17,19-20,22,24-25H2,1-2H3,(H,50,61)(H,62,63)/t26-,27-,31+,35+,36-,37+,38+,39-,40+,41-,42+,43-,44+,48-,49+/m0/s1. The Kier molecular flexibility index (Phi) is 17.3. The molecule has 2 aliphatic heterocycles. The SMILES string of the molecule is C[C@@H]1O[C@@H](O[C@@H]2[C@@H](C)C[C@@H](C(=O)NCCc3cn(Cn4ccc5cc([N+](=O)[O-])ccc54)nn3)C[C@H]2O[C@@H]2O[C@H](CO)[C@H](O)[C@H](O[C@@H](CC3CCCCC3)C(=O)O)[C@H]2OC(=O)c2ccccc2)[C@@H](O)[C@H](O)[C@@H]1O. The quantitative estimate of drug-likeness (QED) is 0.0402.